The van der Waals surface area contributed by atoms with Crippen molar-refractivity contribution in [1.82, 2.24) is 34.2 Å². The number of anilines is 1. The molecule has 0 aliphatic heterocycles. The zero-order valence-corrected chi connectivity index (χ0v) is 16.1. The van der Waals surface area contributed by atoms with Crippen LogP contribution in [0.15, 0.2) is 42.7 Å². The van der Waals surface area contributed by atoms with Crippen LogP contribution in [0.2, 0.25) is 0 Å². The van der Waals surface area contributed by atoms with Gasteiger partial charge in [-0.15, -0.1) is 10.2 Å². The lowest BCUT2D eigenvalue weighted by atomic mass is 10.2. The standard InChI is InChI=1S/C19H16N8S/c1-11-7-15-19(22-9-11)14(5-6-20-15)21-10-18-24-23-17-4-3-13(25-27(17)18)16-8-12(2)26-28-16/h3-9H,10H2,1-2H3,(H,20,21). The predicted molar refractivity (Wildman–Crippen MR) is 108 cm³/mol. The van der Waals surface area contributed by atoms with E-state index >= 15 is 0 Å². The molecule has 5 rings (SSSR count). The quantitative estimate of drug-likeness (QED) is 0.504. The largest absolute Gasteiger partial charge is 0.376 e. The number of aromatic nitrogens is 7. The molecule has 0 atom stereocenters. The Kier molecular flexibility index (Phi) is 3.94. The van der Waals surface area contributed by atoms with Crippen LogP contribution in [0.1, 0.15) is 17.1 Å². The van der Waals surface area contributed by atoms with Gasteiger partial charge in [-0.05, 0) is 61.3 Å². The Morgan fingerprint density at radius 3 is 2.86 bits per heavy atom. The molecule has 0 aliphatic rings. The van der Waals surface area contributed by atoms with E-state index in [1.54, 1.807) is 10.7 Å². The minimum absolute atomic E-state index is 0.466. The average molecular weight is 388 g/mol. The molecule has 8 nitrogen and oxygen atoms in total. The Balaban J connectivity index is 1.47. The first-order valence-corrected chi connectivity index (χ1v) is 9.55. The van der Waals surface area contributed by atoms with Crippen LogP contribution in [-0.4, -0.2) is 34.2 Å². The molecule has 5 aromatic rings. The topological polar surface area (TPSA) is 93.8 Å². The van der Waals surface area contributed by atoms with Gasteiger partial charge in [-0.3, -0.25) is 9.97 Å². The van der Waals surface area contributed by atoms with Crippen LogP contribution in [0.25, 0.3) is 27.3 Å². The van der Waals surface area contributed by atoms with Gasteiger partial charge in [-0.2, -0.15) is 14.0 Å². The highest BCUT2D eigenvalue weighted by molar-refractivity contribution is 7.09. The summed E-state index contributed by atoms with van der Waals surface area (Å²) in [6.45, 7) is 4.44. The average Bonchev–Trinajstić information content (AvgIpc) is 3.31. The van der Waals surface area contributed by atoms with E-state index in [0.29, 0.717) is 12.2 Å². The molecule has 0 saturated carbocycles. The molecule has 1 N–H and O–H groups in total. The first kappa shape index (κ1) is 16.7. The smallest absolute Gasteiger partial charge is 0.178 e. The van der Waals surface area contributed by atoms with Crippen LogP contribution in [0, 0.1) is 13.8 Å². The molecule has 0 aliphatic carbocycles. The highest BCUT2D eigenvalue weighted by atomic mass is 32.1. The van der Waals surface area contributed by atoms with Crippen molar-refractivity contribution >= 4 is 33.9 Å². The molecular formula is C19H16N8S. The molecule has 5 heterocycles. The summed E-state index contributed by atoms with van der Waals surface area (Å²) in [6, 6.07) is 9.81. The van der Waals surface area contributed by atoms with E-state index in [1.807, 2.05) is 50.4 Å². The van der Waals surface area contributed by atoms with Crippen molar-refractivity contribution < 1.29 is 0 Å². The van der Waals surface area contributed by atoms with Gasteiger partial charge in [0.25, 0.3) is 0 Å². The summed E-state index contributed by atoms with van der Waals surface area (Å²) in [4.78, 5) is 9.92. The normalized spacial score (nSPS) is 11.4. The Morgan fingerprint density at radius 1 is 1.07 bits per heavy atom. The van der Waals surface area contributed by atoms with Crippen molar-refractivity contribution in [2.45, 2.75) is 20.4 Å². The monoisotopic (exact) mass is 388 g/mol. The number of hydrogen-bond donors (Lipinski definition) is 1. The maximum absolute atomic E-state index is 4.70. The lowest BCUT2D eigenvalue weighted by molar-refractivity contribution is 0.833. The highest BCUT2D eigenvalue weighted by Gasteiger charge is 2.11. The number of fused-ring (bicyclic) bond motifs is 2. The molecule has 0 bridgehead atoms. The van der Waals surface area contributed by atoms with Gasteiger partial charge in [0, 0.05) is 12.4 Å². The van der Waals surface area contributed by atoms with Crippen molar-refractivity contribution in [2.24, 2.45) is 0 Å². The van der Waals surface area contributed by atoms with Gasteiger partial charge >= 0.3 is 0 Å². The van der Waals surface area contributed by atoms with E-state index in [9.17, 15) is 0 Å². The van der Waals surface area contributed by atoms with E-state index in [0.717, 1.165) is 44.4 Å². The van der Waals surface area contributed by atoms with E-state index in [-0.39, 0.29) is 0 Å². The molecule has 28 heavy (non-hydrogen) atoms. The summed E-state index contributed by atoms with van der Waals surface area (Å²) in [7, 11) is 0. The maximum Gasteiger partial charge on any atom is 0.178 e. The van der Waals surface area contributed by atoms with Crippen molar-refractivity contribution in [3.63, 3.8) is 0 Å². The number of nitrogens with zero attached hydrogens (tertiary/aromatic N) is 7. The van der Waals surface area contributed by atoms with Crippen LogP contribution < -0.4 is 5.32 Å². The zero-order chi connectivity index (χ0) is 19.1. The minimum atomic E-state index is 0.466. The number of pyridine rings is 2. The lowest BCUT2D eigenvalue weighted by Crippen LogP contribution is -2.07. The summed E-state index contributed by atoms with van der Waals surface area (Å²) < 4.78 is 6.09. The second kappa shape index (κ2) is 6.61. The SMILES string of the molecule is Cc1cnc2c(NCc3nnc4ccc(-c5cc(C)ns5)nn34)ccnc2c1. The predicted octanol–water partition coefficient (Wildman–Crippen LogP) is 3.42. The van der Waals surface area contributed by atoms with Crippen LogP contribution in [0.3, 0.4) is 0 Å². The van der Waals surface area contributed by atoms with E-state index in [2.05, 4.69) is 29.9 Å². The third kappa shape index (κ3) is 2.95. The Morgan fingerprint density at radius 2 is 2.00 bits per heavy atom. The fraction of sp³-hybridized carbons (Fsp3) is 0.158. The molecule has 0 unspecified atom stereocenters. The molecule has 0 spiro atoms. The highest BCUT2D eigenvalue weighted by Crippen LogP contribution is 2.23. The second-order valence-corrected chi connectivity index (χ2v) is 7.33. The molecule has 5 aromatic heterocycles. The number of hydrogen-bond acceptors (Lipinski definition) is 8. The fourth-order valence-electron chi connectivity index (χ4n) is 3.01. The Hall–Kier alpha value is -3.46. The van der Waals surface area contributed by atoms with Crippen LogP contribution in [0.5, 0.6) is 0 Å². The summed E-state index contributed by atoms with van der Waals surface area (Å²) in [5, 5.41) is 16.6. The van der Waals surface area contributed by atoms with Gasteiger partial charge in [-0.1, -0.05) is 0 Å². The molecule has 138 valence electrons. The number of aryl methyl sites for hydroxylation is 2. The maximum atomic E-state index is 4.70. The van der Waals surface area contributed by atoms with Gasteiger partial charge in [0.05, 0.1) is 28.3 Å². The summed E-state index contributed by atoms with van der Waals surface area (Å²) >= 11 is 1.43. The Bertz CT molecular complexity index is 1310. The lowest BCUT2D eigenvalue weighted by Gasteiger charge is -2.08. The van der Waals surface area contributed by atoms with Gasteiger partial charge in [0.2, 0.25) is 0 Å². The molecule has 0 fully saturated rings. The van der Waals surface area contributed by atoms with Gasteiger partial charge in [0.1, 0.15) is 11.2 Å². The van der Waals surface area contributed by atoms with E-state index in [1.165, 1.54) is 11.5 Å². The fourth-order valence-corrected chi connectivity index (χ4v) is 3.73. The third-order valence-electron chi connectivity index (χ3n) is 4.36. The second-order valence-electron chi connectivity index (χ2n) is 6.53. The van der Waals surface area contributed by atoms with Crippen LogP contribution in [0.4, 0.5) is 5.69 Å². The molecule has 9 heteroatoms. The first-order chi connectivity index (χ1) is 13.7. The number of rotatable bonds is 4. The molecule has 0 aromatic carbocycles. The Labute approximate surface area is 164 Å². The summed E-state index contributed by atoms with van der Waals surface area (Å²) in [5.41, 5.74) is 6.21. The van der Waals surface area contributed by atoms with Gasteiger partial charge < -0.3 is 5.32 Å². The summed E-state index contributed by atoms with van der Waals surface area (Å²) in [6.07, 6.45) is 3.61. The minimum Gasteiger partial charge on any atom is -0.376 e. The van der Waals surface area contributed by atoms with E-state index in [4.69, 9.17) is 5.10 Å². The number of nitrogens with one attached hydrogen (secondary N) is 1. The zero-order valence-electron chi connectivity index (χ0n) is 15.3. The van der Waals surface area contributed by atoms with Gasteiger partial charge in [-0.25, -0.2) is 0 Å². The van der Waals surface area contributed by atoms with Crippen LogP contribution >= 0.6 is 11.5 Å². The van der Waals surface area contributed by atoms with Gasteiger partial charge in [0.15, 0.2) is 11.5 Å². The van der Waals surface area contributed by atoms with E-state index < -0.39 is 0 Å². The molecule has 0 saturated heterocycles. The van der Waals surface area contributed by atoms with Crippen molar-refractivity contribution in [1.29, 1.82) is 0 Å². The van der Waals surface area contributed by atoms with Crippen molar-refractivity contribution in [3.8, 4) is 10.6 Å². The molecule has 0 amide bonds. The molecular weight excluding hydrogens is 372 g/mol. The molecule has 0 radical (unpaired) electrons. The van der Waals surface area contributed by atoms with Crippen molar-refractivity contribution in [3.05, 3.63) is 59.8 Å². The summed E-state index contributed by atoms with van der Waals surface area (Å²) in [5.74, 6) is 0.718. The van der Waals surface area contributed by atoms with Crippen LogP contribution in [-0.2, 0) is 6.54 Å². The first-order valence-electron chi connectivity index (χ1n) is 8.78. The van der Waals surface area contributed by atoms with Crippen molar-refractivity contribution in [2.75, 3.05) is 5.32 Å². The third-order valence-corrected chi connectivity index (χ3v) is 5.26.